The Labute approximate surface area is 350 Å². The fraction of sp³-hybridized carbons (Fsp3) is 0.354. The Hall–Kier alpha value is -4.19. The monoisotopic (exact) mass is 850 g/mol. The molecular weight excluding hydrogens is 797 g/mol. The minimum atomic E-state index is -0.701. The SMILES string of the molecule is CC1(C)OB(c2ccc(-c3ccccc3CCCCCO)cc2F)OC1(C)C.Cn1nc(-c2ccc(-c3ccccc3CCCCCO)cc2F)c2ccc(Br)cc21. The molecule has 0 bridgehead atoms. The predicted octanol–water partition coefficient (Wildman–Crippen LogP) is 11.0. The van der Waals surface area contributed by atoms with Crippen molar-refractivity contribution >= 4 is 39.4 Å². The normalized spacial score (nSPS) is 14.5. The molecule has 0 aliphatic carbocycles. The van der Waals surface area contributed by atoms with Crippen LogP contribution in [0.4, 0.5) is 8.78 Å². The van der Waals surface area contributed by atoms with Crippen molar-refractivity contribution in [3.05, 3.63) is 130 Å². The lowest BCUT2D eigenvalue weighted by atomic mass is 9.78. The summed E-state index contributed by atoms with van der Waals surface area (Å²) in [6.07, 6.45) is 7.45. The highest BCUT2D eigenvalue weighted by molar-refractivity contribution is 9.10. The van der Waals surface area contributed by atoms with Crippen LogP contribution in [0.25, 0.3) is 44.4 Å². The molecule has 10 heteroatoms. The molecule has 1 aliphatic rings. The fourth-order valence-electron chi connectivity index (χ4n) is 7.41. The molecule has 5 aromatic carbocycles. The van der Waals surface area contributed by atoms with Crippen LogP contribution in [0.2, 0.25) is 0 Å². The van der Waals surface area contributed by atoms with Crippen molar-refractivity contribution in [3.63, 3.8) is 0 Å². The van der Waals surface area contributed by atoms with Crippen LogP contribution in [0, 0.1) is 11.6 Å². The van der Waals surface area contributed by atoms with Crippen LogP contribution in [-0.2, 0) is 29.2 Å². The summed E-state index contributed by atoms with van der Waals surface area (Å²) in [6, 6.07) is 32.9. The average molecular weight is 852 g/mol. The van der Waals surface area contributed by atoms with Crippen LogP contribution < -0.4 is 5.46 Å². The number of aryl methyl sites for hydroxylation is 3. The molecule has 2 N–H and O–H groups in total. The Bertz CT molecular complexity index is 2310. The van der Waals surface area contributed by atoms with Crippen LogP contribution in [0.15, 0.2) is 108 Å². The first-order chi connectivity index (χ1) is 27.8. The van der Waals surface area contributed by atoms with E-state index < -0.39 is 18.3 Å². The van der Waals surface area contributed by atoms with Crippen LogP contribution >= 0.6 is 15.9 Å². The number of unbranched alkanes of at least 4 members (excludes halogenated alkanes) is 4. The first-order valence-electron chi connectivity index (χ1n) is 20.3. The number of fused-ring (bicyclic) bond motifs is 1. The number of rotatable bonds is 14. The molecule has 6 aromatic rings. The van der Waals surface area contributed by atoms with Crippen molar-refractivity contribution in [1.29, 1.82) is 0 Å². The van der Waals surface area contributed by atoms with Crippen molar-refractivity contribution in [2.45, 2.75) is 90.3 Å². The summed E-state index contributed by atoms with van der Waals surface area (Å²) >= 11 is 3.49. The van der Waals surface area contributed by atoms with Crippen LogP contribution in [0.5, 0.6) is 0 Å². The number of aliphatic hydroxyl groups is 2. The van der Waals surface area contributed by atoms with E-state index in [9.17, 15) is 4.39 Å². The number of nitrogens with zero attached hydrogens (tertiary/aromatic N) is 2. The van der Waals surface area contributed by atoms with Gasteiger partial charge in [-0.15, -0.1) is 0 Å². The van der Waals surface area contributed by atoms with Gasteiger partial charge in [-0.25, -0.2) is 8.78 Å². The minimum Gasteiger partial charge on any atom is -0.399 e. The standard InChI is InChI=1S/C25H24BrFN2O.C23H30BFO3/c1-29-24-16-19(26)11-13-22(24)25(28-29)21-12-10-18(15-23(21)27)20-9-5-4-8-17(20)7-3-2-6-14-30;1-22(2)23(3,4)28-24(27-22)20-14-13-18(16-21(20)25)19-12-8-7-11-17(19)10-6-5-9-15-26/h4-5,8-13,15-16,30H,2-3,6-7,14H2,1H3;7-8,11-14,16,26H,5-6,9-10,15H2,1-4H3. The van der Waals surface area contributed by atoms with Gasteiger partial charge in [-0.3, -0.25) is 4.68 Å². The third-order valence-corrected chi connectivity index (χ3v) is 11.9. The highest BCUT2D eigenvalue weighted by atomic mass is 79.9. The smallest absolute Gasteiger partial charge is 0.399 e. The van der Waals surface area contributed by atoms with Gasteiger partial charge >= 0.3 is 7.12 Å². The number of benzene rings is 5. The molecule has 7 rings (SSSR count). The molecule has 0 radical (unpaired) electrons. The van der Waals surface area contributed by atoms with Crippen LogP contribution in [0.1, 0.15) is 77.3 Å². The van der Waals surface area contributed by atoms with Crippen molar-refractivity contribution < 1.29 is 28.3 Å². The summed E-state index contributed by atoms with van der Waals surface area (Å²) in [6.45, 7) is 8.32. The van der Waals surface area contributed by atoms with Crippen LogP contribution in [-0.4, -0.2) is 51.5 Å². The fourth-order valence-corrected chi connectivity index (χ4v) is 7.76. The summed E-state index contributed by atoms with van der Waals surface area (Å²) in [5.74, 6) is -0.586. The van der Waals surface area contributed by atoms with Gasteiger partial charge in [0.2, 0.25) is 0 Å². The minimum absolute atomic E-state index is 0.229. The number of hydrogen-bond acceptors (Lipinski definition) is 5. The quantitative estimate of drug-likeness (QED) is 0.0843. The van der Waals surface area contributed by atoms with E-state index in [1.54, 1.807) is 22.9 Å². The summed E-state index contributed by atoms with van der Waals surface area (Å²) in [5, 5.41) is 23.4. The first kappa shape index (κ1) is 43.4. The van der Waals surface area contributed by atoms with E-state index in [0.29, 0.717) is 16.7 Å². The van der Waals surface area contributed by atoms with Gasteiger partial charge in [-0.05, 0) is 136 Å². The molecular formula is C48H54BBrF2N2O4. The Balaban J connectivity index is 0.000000196. The van der Waals surface area contributed by atoms with E-state index in [0.717, 1.165) is 89.0 Å². The Kier molecular flexibility index (Phi) is 14.4. The lowest BCUT2D eigenvalue weighted by Gasteiger charge is -2.32. The Morgan fingerprint density at radius 2 is 1.17 bits per heavy atom. The first-order valence-corrected chi connectivity index (χ1v) is 21.1. The highest BCUT2D eigenvalue weighted by Crippen LogP contribution is 2.38. The maximum absolute atomic E-state index is 15.2. The van der Waals surface area contributed by atoms with Gasteiger partial charge in [0.1, 0.15) is 17.3 Å². The van der Waals surface area contributed by atoms with Gasteiger partial charge in [0.15, 0.2) is 0 Å². The summed E-state index contributed by atoms with van der Waals surface area (Å²) in [4.78, 5) is 0. The highest BCUT2D eigenvalue weighted by Gasteiger charge is 2.52. The summed E-state index contributed by atoms with van der Waals surface area (Å²) in [5.41, 5.74) is 7.79. The van der Waals surface area contributed by atoms with E-state index in [1.807, 2.05) is 108 Å². The molecule has 1 aromatic heterocycles. The zero-order valence-electron chi connectivity index (χ0n) is 34.2. The predicted molar refractivity (Wildman–Crippen MR) is 236 cm³/mol. The molecule has 2 heterocycles. The number of hydrogen-bond donors (Lipinski definition) is 2. The van der Waals surface area contributed by atoms with Gasteiger partial charge in [-0.2, -0.15) is 5.10 Å². The second-order valence-electron chi connectivity index (χ2n) is 16.0. The number of aromatic nitrogens is 2. The van der Waals surface area contributed by atoms with Gasteiger partial charge in [0.25, 0.3) is 0 Å². The van der Waals surface area contributed by atoms with Crippen molar-refractivity contribution in [3.8, 4) is 33.5 Å². The molecule has 0 amide bonds. The Morgan fingerprint density at radius 1 is 0.638 bits per heavy atom. The topological polar surface area (TPSA) is 76.7 Å². The molecule has 1 saturated heterocycles. The van der Waals surface area contributed by atoms with E-state index in [1.165, 1.54) is 11.1 Å². The number of halogens is 3. The van der Waals surface area contributed by atoms with Crippen LogP contribution in [0.3, 0.4) is 0 Å². The molecule has 0 saturated carbocycles. The van der Waals surface area contributed by atoms with E-state index in [-0.39, 0.29) is 24.8 Å². The Morgan fingerprint density at radius 3 is 1.71 bits per heavy atom. The van der Waals surface area contributed by atoms with E-state index in [4.69, 9.17) is 19.5 Å². The average Bonchev–Trinajstić information content (AvgIpc) is 3.64. The lowest BCUT2D eigenvalue weighted by molar-refractivity contribution is 0.00578. The zero-order chi connectivity index (χ0) is 41.5. The van der Waals surface area contributed by atoms with Gasteiger partial charge < -0.3 is 19.5 Å². The maximum atomic E-state index is 15.2. The third-order valence-electron chi connectivity index (χ3n) is 11.4. The van der Waals surface area contributed by atoms with E-state index in [2.05, 4.69) is 33.2 Å². The molecule has 304 valence electrons. The third kappa shape index (κ3) is 9.97. The molecule has 58 heavy (non-hydrogen) atoms. The second kappa shape index (κ2) is 19.3. The molecule has 6 nitrogen and oxygen atoms in total. The largest absolute Gasteiger partial charge is 0.497 e. The molecule has 0 spiro atoms. The molecule has 0 atom stereocenters. The maximum Gasteiger partial charge on any atom is 0.497 e. The van der Waals surface area contributed by atoms with Gasteiger partial charge in [0.05, 0.1) is 16.7 Å². The van der Waals surface area contributed by atoms with Crippen molar-refractivity contribution in [2.75, 3.05) is 13.2 Å². The van der Waals surface area contributed by atoms with Gasteiger partial charge in [-0.1, -0.05) is 95.5 Å². The lowest BCUT2D eigenvalue weighted by Crippen LogP contribution is -2.41. The second-order valence-corrected chi connectivity index (χ2v) is 17.0. The van der Waals surface area contributed by atoms with Crippen molar-refractivity contribution in [1.82, 2.24) is 9.78 Å². The van der Waals surface area contributed by atoms with Crippen molar-refractivity contribution in [2.24, 2.45) is 7.05 Å². The summed E-state index contributed by atoms with van der Waals surface area (Å²) in [7, 11) is 1.17. The number of aliphatic hydroxyl groups excluding tert-OH is 2. The molecule has 1 aliphatic heterocycles. The van der Waals surface area contributed by atoms with Gasteiger partial charge in [0, 0.05) is 41.1 Å². The summed E-state index contributed by atoms with van der Waals surface area (Å²) < 4.78 is 45.0. The molecule has 0 unspecified atom stereocenters. The van der Waals surface area contributed by atoms with E-state index >= 15 is 4.39 Å². The molecule has 1 fully saturated rings. The zero-order valence-corrected chi connectivity index (χ0v) is 35.8.